The van der Waals surface area contributed by atoms with Crippen LogP contribution in [0.4, 0.5) is 0 Å². The monoisotopic (exact) mass is 392 g/mol. The van der Waals surface area contributed by atoms with Crippen molar-refractivity contribution in [1.82, 2.24) is 0 Å². The van der Waals surface area contributed by atoms with Crippen molar-refractivity contribution in [3.8, 4) is 0 Å². The van der Waals surface area contributed by atoms with Crippen molar-refractivity contribution in [1.29, 1.82) is 0 Å². The minimum absolute atomic E-state index is 0.288. The molecule has 0 heterocycles. The molecule has 0 aliphatic carbocycles. The van der Waals surface area contributed by atoms with E-state index in [9.17, 15) is 30.0 Å². The van der Waals surface area contributed by atoms with Crippen LogP contribution in [0.25, 0.3) is 0 Å². The highest BCUT2D eigenvalue weighted by Gasteiger charge is 2.27. The van der Waals surface area contributed by atoms with Gasteiger partial charge < -0.3 is 29.9 Å². The highest BCUT2D eigenvalue weighted by molar-refractivity contribution is 5.75. The molecule has 0 unspecified atom stereocenters. The zero-order valence-electron chi connectivity index (χ0n) is 16.8. The third-order valence-corrected chi connectivity index (χ3v) is 3.92. The lowest BCUT2D eigenvalue weighted by Gasteiger charge is -2.18. The Morgan fingerprint density at radius 1 is 0.630 bits per heavy atom. The van der Waals surface area contributed by atoms with Crippen molar-refractivity contribution in [3.63, 3.8) is 0 Å². The van der Waals surface area contributed by atoms with Crippen LogP contribution in [0.2, 0.25) is 0 Å². The molecule has 0 spiro atoms. The van der Waals surface area contributed by atoms with Crippen molar-refractivity contribution >= 4 is 11.9 Å². The van der Waals surface area contributed by atoms with E-state index in [0.717, 1.165) is 19.3 Å². The molecular weight excluding hydrogens is 356 g/mol. The number of esters is 2. The smallest absolute Gasteiger partial charge is 0.337 e. The first-order valence-electron chi connectivity index (χ1n) is 9.69. The van der Waals surface area contributed by atoms with Crippen LogP contribution in [-0.4, -0.2) is 69.0 Å². The van der Waals surface area contributed by atoms with Crippen LogP contribution in [0.1, 0.15) is 72.6 Å². The van der Waals surface area contributed by atoms with E-state index in [0.29, 0.717) is 12.8 Å². The predicted molar refractivity (Wildman–Crippen MR) is 98.8 cm³/mol. The second-order valence-corrected chi connectivity index (χ2v) is 7.34. The molecule has 0 rings (SSSR count). The molecule has 160 valence electrons. The zero-order chi connectivity index (χ0) is 21.0. The average molecular weight is 392 g/mol. The quantitative estimate of drug-likeness (QED) is 0.255. The molecule has 8 heteroatoms. The number of aliphatic hydroxyl groups excluding tert-OH is 4. The molecule has 0 aliphatic heterocycles. The van der Waals surface area contributed by atoms with Gasteiger partial charge in [0.05, 0.1) is 24.4 Å². The Balaban J connectivity index is 3.82. The van der Waals surface area contributed by atoms with Gasteiger partial charge in [0, 0.05) is 0 Å². The normalized spacial score (nSPS) is 16.1. The summed E-state index contributed by atoms with van der Waals surface area (Å²) in [6.07, 6.45) is -1.80. The Morgan fingerprint density at radius 3 is 1.22 bits per heavy atom. The molecule has 4 atom stereocenters. The van der Waals surface area contributed by atoms with E-state index >= 15 is 0 Å². The Morgan fingerprint density at radius 2 is 0.926 bits per heavy atom. The van der Waals surface area contributed by atoms with Gasteiger partial charge in [-0.3, -0.25) is 0 Å². The van der Waals surface area contributed by atoms with Crippen molar-refractivity contribution in [2.45, 2.75) is 109 Å². The molecule has 0 saturated heterocycles. The first kappa shape index (κ1) is 25.8. The fourth-order valence-electron chi connectivity index (χ4n) is 2.47. The van der Waals surface area contributed by atoms with Crippen LogP contribution < -0.4 is 0 Å². The molecule has 0 aromatic rings. The van der Waals surface area contributed by atoms with Gasteiger partial charge in [-0.25, -0.2) is 9.59 Å². The maximum Gasteiger partial charge on any atom is 0.337 e. The zero-order valence-corrected chi connectivity index (χ0v) is 16.8. The Kier molecular flexibility index (Phi) is 13.2. The van der Waals surface area contributed by atoms with Crippen LogP contribution in [0.3, 0.4) is 0 Å². The van der Waals surface area contributed by atoms with Crippen molar-refractivity contribution in [2.75, 3.05) is 0 Å². The third kappa shape index (κ3) is 12.0. The summed E-state index contributed by atoms with van der Waals surface area (Å²) in [6.45, 7) is 6.67. The number of unbranched alkanes of at least 4 members (excludes halogenated alkanes) is 4. The van der Waals surface area contributed by atoms with Gasteiger partial charge in [0.1, 0.15) is 0 Å². The lowest BCUT2D eigenvalue weighted by Crippen LogP contribution is -2.36. The molecule has 0 fully saturated rings. The van der Waals surface area contributed by atoms with Gasteiger partial charge in [-0.1, -0.05) is 32.1 Å². The van der Waals surface area contributed by atoms with E-state index in [4.69, 9.17) is 9.47 Å². The van der Waals surface area contributed by atoms with E-state index in [2.05, 4.69) is 0 Å². The fraction of sp³-hybridized carbons (Fsp3) is 0.895. The minimum Gasteiger partial charge on any atom is -0.461 e. The van der Waals surface area contributed by atoms with Crippen molar-refractivity contribution in [2.24, 2.45) is 0 Å². The number of carbonyl (C=O) groups excluding carboxylic acids is 2. The molecule has 8 nitrogen and oxygen atoms in total. The average Bonchev–Trinajstić information content (AvgIpc) is 2.57. The minimum atomic E-state index is -1.53. The summed E-state index contributed by atoms with van der Waals surface area (Å²) in [4.78, 5) is 23.0. The molecule has 0 radical (unpaired) electrons. The Hall–Kier alpha value is -1.22. The first-order valence-corrected chi connectivity index (χ1v) is 9.69. The SMILES string of the molecule is CC(C)OC(=O)[C@@H](O)[C@H](O)CCCCCCC[C@@H](O)[C@H](O)C(=O)OC(C)C. The predicted octanol–water partition coefficient (Wildman–Crippen LogP) is 1.06. The molecule has 0 amide bonds. The maximum atomic E-state index is 11.5. The fourth-order valence-corrected chi connectivity index (χ4v) is 2.47. The van der Waals surface area contributed by atoms with Crippen LogP contribution in [-0.2, 0) is 19.1 Å². The lowest BCUT2D eigenvalue weighted by atomic mass is 10.0. The highest BCUT2D eigenvalue weighted by Crippen LogP contribution is 2.14. The third-order valence-electron chi connectivity index (χ3n) is 3.92. The molecule has 0 aromatic heterocycles. The Bertz CT molecular complexity index is 386. The van der Waals surface area contributed by atoms with Crippen molar-refractivity contribution in [3.05, 3.63) is 0 Å². The molecule has 0 aliphatic rings. The summed E-state index contributed by atoms with van der Waals surface area (Å²) >= 11 is 0. The lowest BCUT2D eigenvalue weighted by molar-refractivity contribution is -0.164. The van der Waals surface area contributed by atoms with Crippen LogP contribution in [0.15, 0.2) is 0 Å². The van der Waals surface area contributed by atoms with Gasteiger partial charge in [-0.05, 0) is 40.5 Å². The second-order valence-electron chi connectivity index (χ2n) is 7.34. The van der Waals surface area contributed by atoms with Gasteiger partial charge in [0.2, 0.25) is 0 Å². The first-order chi connectivity index (χ1) is 12.6. The number of aliphatic hydroxyl groups is 4. The number of hydrogen-bond acceptors (Lipinski definition) is 8. The van der Waals surface area contributed by atoms with E-state index < -0.39 is 36.4 Å². The van der Waals surface area contributed by atoms with E-state index in [1.165, 1.54) is 0 Å². The molecular formula is C19H36O8. The summed E-state index contributed by atoms with van der Waals surface area (Å²) in [5.74, 6) is -1.64. The van der Waals surface area contributed by atoms with E-state index in [1.807, 2.05) is 0 Å². The van der Waals surface area contributed by atoms with Crippen LogP contribution >= 0.6 is 0 Å². The molecule has 4 N–H and O–H groups in total. The van der Waals surface area contributed by atoms with Gasteiger partial charge in [-0.15, -0.1) is 0 Å². The second kappa shape index (κ2) is 13.9. The largest absolute Gasteiger partial charge is 0.461 e. The Labute approximate surface area is 161 Å². The standard InChI is InChI=1S/C19H36O8/c1-12(2)26-18(24)16(22)14(20)10-8-6-5-7-9-11-15(21)17(23)19(25)27-13(3)4/h12-17,20-23H,5-11H2,1-4H3/t14-,15-,16+,17+/m1/s1. The number of hydrogen-bond donors (Lipinski definition) is 4. The summed E-state index contributed by atoms with van der Waals surface area (Å²) < 4.78 is 9.69. The summed E-state index contributed by atoms with van der Waals surface area (Å²) in [5, 5.41) is 38.9. The summed E-state index contributed by atoms with van der Waals surface area (Å²) in [6, 6.07) is 0. The summed E-state index contributed by atoms with van der Waals surface area (Å²) in [5.41, 5.74) is 0. The molecule has 0 bridgehead atoms. The topological polar surface area (TPSA) is 134 Å². The number of carbonyl (C=O) groups is 2. The molecule has 0 aromatic carbocycles. The summed E-state index contributed by atoms with van der Waals surface area (Å²) in [7, 11) is 0. The van der Waals surface area contributed by atoms with E-state index in [-0.39, 0.29) is 25.0 Å². The van der Waals surface area contributed by atoms with Crippen LogP contribution in [0.5, 0.6) is 0 Å². The van der Waals surface area contributed by atoms with E-state index in [1.54, 1.807) is 27.7 Å². The van der Waals surface area contributed by atoms with Crippen LogP contribution in [0, 0.1) is 0 Å². The van der Waals surface area contributed by atoms with Crippen molar-refractivity contribution < 1.29 is 39.5 Å². The van der Waals surface area contributed by atoms with Gasteiger partial charge in [-0.2, -0.15) is 0 Å². The number of rotatable bonds is 14. The maximum absolute atomic E-state index is 11.5. The van der Waals surface area contributed by atoms with Gasteiger partial charge in [0.15, 0.2) is 12.2 Å². The van der Waals surface area contributed by atoms with Gasteiger partial charge in [0.25, 0.3) is 0 Å². The highest BCUT2D eigenvalue weighted by atomic mass is 16.6. The number of ether oxygens (including phenoxy) is 2. The molecule has 27 heavy (non-hydrogen) atoms. The van der Waals surface area contributed by atoms with Gasteiger partial charge >= 0.3 is 11.9 Å². The molecule has 0 saturated carbocycles.